The van der Waals surface area contributed by atoms with E-state index in [1.165, 1.54) is 18.1 Å². The molecule has 3 atom stereocenters. The Morgan fingerprint density at radius 1 is 1.39 bits per heavy atom. The Bertz CT molecular complexity index is 823. The molecule has 1 aromatic rings. The maximum atomic E-state index is 14.8. The molecule has 4 rings (SSSR count). The number of rotatable bonds is 4. The molecule has 1 N–H and O–H groups in total. The maximum Gasteiger partial charge on any atom is 0.414 e. The number of carbonyl (C=O) groups is 2. The van der Waals surface area contributed by atoms with E-state index >= 15 is 0 Å². The van der Waals surface area contributed by atoms with Crippen LogP contribution in [-0.4, -0.2) is 63.8 Å². The van der Waals surface area contributed by atoms with Gasteiger partial charge in [0.2, 0.25) is 0 Å². The van der Waals surface area contributed by atoms with Gasteiger partial charge in [-0.15, -0.1) is 0 Å². The molecule has 0 bridgehead atoms. The van der Waals surface area contributed by atoms with Crippen LogP contribution in [0.25, 0.3) is 0 Å². The first-order valence-corrected chi connectivity index (χ1v) is 9.09. The Balaban J connectivity index is 1.43. The summed E-state index contributed by atoms with van der Waals surface area (Å²) < 4.78 is 24.5. The Morgan fingerprint density at radius 3 is 3.00 bits per heavy atom. The van der Waals surface area contributed by atoms with Crippen molar-refractivity contribution in [3.05, 3.63) is 36.2 Å². The van der Waals surface area contributed by atoms with Crippen molar-refractivity contribution in [2.75, 3.05) is 43.1 Å². The molecule has 148 valence electrons. The molecule has 2 saturated heterocycles. The van der Waals surface area contributed by atoms with E-state index in [1.807, 2.05) is 11.0 Å². The van der Waals surface area contributed by atoms with Crippen LogP contribution >= 0.6 is 0 Å². The lowest BCUT2D eigenvalue weighted by Gasteiger charge is -2.21. The number of dihydropyridines is 1. The average molecular weight is 388 g/mol. The van der Waals surface area contributed by atoms with Crippen LogP contribution in [0.3, 0.4) is 0 Å². The molecule has 1 aromatic carbocycles. The number of anilines is 2. The van der Waals surface area contributed by atoms with Gasteiger partial charge in [-0.2, -0.15) is 0 Å². The Hall–Kier alpha value is -3.10. The van der Waals surface area contributed by atoms with Gasteiger partial charge in [0.05, 0.1) is 37.6 Å². The van der Waals surface area contributed by atoms with Crippen LogP contribution in [0.5, 0.6) is 0 Å². The molecule has 0 aliphatic carbocycles. The van der Waals surface area contributed by atoms with Gasteiger partial charge in [-0.1, -0.05) is 6.08 Å². The molecule has 3 aliphatic heterocycles. The highest BCUT2D eigenvalue weighted by Crippen LogP contribution is 2.32. The van der Waals surface area contributed by atoms with Crippen molar-refractivity contribution in [1.82, 2.24) is 5.32 Å². The summed E-state index contributed by atoms with van der Waals surface area (Å²) in [7, 11) is 1.25. The first kappa shape index (κ1) is 18.3. The molecule has 3 aliphatic rings. The number of benzene rings is 1. The first-order chi connectivity index (χ1) is 13.5. The van der Waals surface area contributed by atoms with Crippen molar-refractivity contribution in [3.8, 4) is 0 Å². The van der Waals surface area contributed by atoms with Gasteiger partial charge in [0.15, 0.2) is 0 Å². The summed E-state index contributed by atoms with van der Waals surface area (Å²) in [5.74, 6) is -0.103. The highest BCUT2D eigenvalue weighted by molar-refractivity contribution is 5.90. The fraction of sp³-hybridized carbons (Fsp3) is 0.421. The van der Waals surface area contributed by atoms with Crippen LogP contribution in [-0.2, 0) is 9.47 Å². The topological polar surface area (TPSA) is 83.5 Å². The summed E-state index contributed by atoms with van der Waals surface area (Å²) in [5, 5.41) is 2.49. The summed E-state index contributed by atoms with van der Waals surface area (Å²) in [5.41, 5.74) is 0.916. The predicted molar refractivity (Wildman–Crippen MR) is 102 cm³/mol. The molecular formula is C19H21FN4O4. The van der Waals surface area contributed by atoms with Gasteiger partial charge in [0.1, 0.15) is 11.9 Å². The second kappa shape index (κ2) is 7.49. The van der Waals surface area contributed by atoms with Gasteiger partial charge in [0, 0.05) is 25.2 Å². The zero-order valence-corrected chi connectivity index (χ0v) is 15.4. The third-order valence-electron chi connectivity index (χ3n) is 5.17. The van der Waals surface area contributed by atoms with Crippen LogP contribution in [0.2, 0.25) is 0 Å². The summed E-state index contributed by atoms with van der Waals surface area (Å²) in [6.07, 6.45) is 4.11. The first-order valence-electron chi connectivity index (χ1n) is 9.09. The summed E-state index contributed by atoms with van der Waals surface area (Å²) in [6.45, 7) is 1.71. The van der Waals surface area contributed by atoms with Crippen LogP contribution in [0.15, 0.2) is 35.3 Å². The van der Waals surface area contributed by atoms with Crippen LogP contribution < -0.4 is 15.1 Å². The third-order valence-corrected chi connectivity index (χ3v) is 5.17. The molecule has 0 radical (unpaired) electrons. The number of fused-ring (bicyclic) bond motifs is 1. The number of carbonyl (C=O) groups excluding carboxylic acids is 2. The van der Waals surface area contributed by atoms with E-state index in [2.05, 4.69) is 21.1 Å². The molecule has 0 aromatic heterocycles. The Kier molecular flexibility index (Phi) is 4.89. The van der Waals surface area contributed by atoms with E-state index in [4.69, 9.17) is 4.74 Å². The minimum atomic E-state index is -0.602. The number of ether oxygens (including phenoxy) is 2. The largest absolute Gasteiger partial charge is 0.453 e. The molecule has 0 saturated carbocycles. The summed E-state index contributed by atoms with van der Waals surface area (Å²) >= 11 is 0. The number of hydrogen-bond donors (Lipinski definition) is 1. The number of halogens is 1. The van der Waals surface area contributed by atoms with Gasteiger partial charge in [-0.05, 0) is 24.3 Å². The van der Waals surface area contributed by atoms with E-state index in [1.54, 1.807) is 18.3 Å². The fourth-order valence-corrected chi connectivity index (χ4v) is 3.74. The maximum absolute atomic E-state index is 14.8. The van der Waals surface area contributed by atoms with Crippen molar-refractivity contribution in [3.63, 3.8) is 0 Å². The summed E-state index contributed by atoms with van der Waals surface area (Å²) in [4.78, 5) is 31.1. The van der Waals surface area contributed by atoms with Crippen molar-refractivity contribution in [1.29, 1.82) is 0 Å². The lowest BCUT2D eigenvalue weighted by atomic mass is 10.0. The smallest absolute Gasteiger partial charge is 0.414 e. The quantitative estimate of drug-likeness (QED) is 0.853. The van der Waals surface area contributed by atoms with Crippen LogP contribution in [0.4, 0.5) is 25.4 Å². The number of alkyl carbamates (subject to hydrolysis) is 1. The van der Waals surface area contributed by atoms with E-state index in [0.717, 1.165) is 0 Å². The van der Waals surface area contributed by atoms with Gasteiger partial charge >= 0.3 is 12.2 Å². The number of nitrogens with one attached hydrogen (secondary N) is 1. The summed E-state index contributed by atoms with van der Waals surface area (Å²) in [6, 6.07) is 4.88. The third kappa shape index (κ3) is 3.51. The number of methoxy groups -OCH3 is 1. The standard InChI is InChI=1S/C19H21FN4O4/c1-27-18(25)22-8-14-10-24(19(26)28-14)13-4-5-17(15(20)7-13)23-9-12-3-2-6-21-16(12)11-23/h2-7,12,14,16H,8-11H2,1H3,(H,22,25)/t12?,14-,16?/m0/s1. The number of hydrogen-bond acceptors (Lipinski definition) is 6. The lowest BCUT2D eigenvalue weighted by Crippen LogP contribution is -2.34. The van der Waals surface area contributed by atoms with E-state index in [-0.39, 0.29) is 19.1 Å². The molecule has 3 heterocycles. The number of amides is 2. The Morgan fingerprint density at radius 2 is 2.25 bits per heavy atom. The minimum Gasteiger partial charge on any atom is -0.453 e. The fourth-order valence-electron chi connectivity index (χ4n) is 3.74. The number of nitrogens with zero attached hydrogens (tertiary/aromatic N) is 3. The van der Waals surface area contributed by atoms with Crippen LogP contribution in [0, 0.1) is 11.7 Å². The highest BCUT2D eigenvalue weighted by atomic mass is 19.1. The molecule has 0 spiro atoms. The number of cyclic esters (lactones) is 1. The lowest BCUT2D eigenvalue weighted by molar-refractivity contribution is 0.132. The SMILES string of the molecule is COC(=O)NC[C@H]1CN(c2ccc(N3CC4C=CC=NC4C3)c(F)c2)C(=O)O1. The molecule has 8 nitrogen and oxygen atoms in total. The molecule has 9 heteroatoms. The predicted octanol–water partition coefficient (Wildman–Crippen LogP) is 1.95. The van der Waals surface area contributed by atoms with E-state index in [9.17, 15) is 14.0 Å². The van der Waals surface area contributed by atoms with Crippen LogP contribution in [0.1, 0.15) is 0 Å². The zero-order valence-electron chi connectivity index (χ0n) is 15.4. The number of aliphatic imine (C=N–C) groups is 1. The molecule has 28 heavy (non-hydrogen) atoms. The average Bonchev–Trinajstić information content (AvgIpc) is 3.29. The van der Waals surface area contributed by atoms with Crippen molar-refractivity contribution < 1.29 is 23.5 Å². The molecule has 2 fully saturated rings. The van der Waals surface area contributed by atoms with Gasteiger partial charge in [0.25, 0.3) is 0 Å². The monoisotopic (exact) mass is 388 g/mol. The van der Waals surface area contributed by atoms with Gasteiger partial charge in [-0.25, -0.2) is 14.0 Å². The molecule has 2 unspecified atom stereocenters. The van der Waals surface area contributed by atoms with E-state index < -0.39 is 24.1 Å². The normalized spacial score (nSPS) is 25.6. The second-order valence-electron chi connectivity index (χ2n) is 6.94. The van der Waals surface area contributed by atoms with Gasteiger partial charge in [-0.3, -0.25) is 9.89 Å². The zero-order chi connectivity index (χ0) is 19.7. The van der Waals surface area contributed by atoms with E-state index in [0.29, 0.717) is 30.4 Å². The number of allylic oxidation sites excluding steroid dienone is 1. The second-order valence-corrected chi connectivity index (χ2v) is 6.94. The molecular weight excluding hydrogens is 367 g/mol. The minimum absolute atomic E-state index is 0.125. The van der Waals surface area contributed by atoms with Crippen molar-refractivity contribution >= 4 is 29.8 Å². The Labute approximate surface area is 161 Å². The highest BCUT2D eigenvalue weighted by Gasteiger charge is 2.35. The van der Waals surface area contributed by atoms with Crippen molar-refractivity contribution in [2.45, 2.75) is 12.1 Å². The van der Waals surface area contributed by atoms with Gasteiger partial charge < -0.3 is 19.7 Å². The molecule has 2 amide bonds. The van der Waals surface area contributed by atoms with Crippen molar-refractivity contribution in [2.24, 2.45) is 10.9 Å².